The summed E-state index contributed by atoms with van der Waals surface area (Å²) in [6.07, 6.45) is 2.62. The summed E-state index contributed by atoms with van der Waals surface area (Å²) in [5.74, 6) is 0. The van der Waals surface area contributed by atoms with Gasteiger partial charge in [-0.2, -0.15) is 0 Å². The Bertz CT molecular complexity index is 134. The van der Waals surface area contributed by atoms with Crippen molar-refractivity contribution in [2.75, 3.05) is 20.2 Å². The van der Waals surface area contributed by atoms with Crippen LogP contribution >= 0.6 is 0 Å². The first-order chi connectivity index (χ1) is 5.08. The smallest absolute Gasteiger partial charge is 0.0558 e. The molecule has 0 saturated heterocycles. The van der Waals surface area contributed by atoms with Crippen LogP contribution in [0.4, 0.5) is 0 Å². The van der Waals surface area contributed by atoms with Crippen molar-refractivity contribution in [1.29, 1.82) is 0 Å². The van der Waals surface area contributed by atoms with Crippen molar-refractivity contribution in [3.8, 4) is 0 Å². The highest BCUT2D eigenvalue weighted by molar-refractivity contribution is 4.94. The zero-order valence-corrected chi connectivity index (χ0v) is 7.80. The van der Waals surface area contributed by atoms with Crippen molar-refractivity contribution in [3.63, 3.8) is 0 Å². The second kappa shape index (κ2) is 3.11. The monoisotopic (exact) mass is 157 g/mol. The molecule has 0 bridgehead atoms. The molecule has 1 aliphatic carbocycles. The zero-order chi connectivity index (χ0) is 8.48. The molecule has 1 rings (SSSR count). The van der Waals surface area contributed by atoms with Gasteiger partial charge in [-0.1, -0.05) is 13.8 Å². The largest absolute Gasteiger partial charge is 0.395 e. The molecule has 1 atom stereocenters. The Morgan fingerprint density at radius 1 is 1.55 bits per heavy atom. The maximum Gasteiger partial charge on any atom is 0.0558 e. The Balaban J connectivity index is 2.36. The predicted octanol–water partition coefficient (Wildman–Crippen LogP) is 1.10. The van der Waals surface area contributed by atoms with Crippen molar-refractivity contribution < 1.29 is 5.11 Å². The number of hydrogen-bond donors (Lipinski definition) is 1. The third-order valence-corrected chi connectivity index (χ3v) is 2.95. The summed E-state index contributed by atoms with van der Waals surface area (Å²) in [7, 11) is 2.10. The molecule has 0 aliphatic heterocycles. The van der Waals surface area contributed by atoms with E-state index < -0.39 is 0 Å². The van der Waals surface area contributed by atoms with Gasteiger partial charge >= 0.3 is 0 Å². The van der Waals surface area contributed by atoms with Gasteiger partial charge in [0.05, 0.1) is 6.61 Å². The molecule has 0 heterocycles. The highest BCUT2D eigenvalue weighted by Crippen LogP contribution is 2.42. The van der Waals surface area contributed by atoms with E-state index >= 15 is 0 Å². The summed E-state index contributed by atoms with van der Waals surface area (Å²) in [5.41, 5.74) is 0.476. The van der Waals surface area contributed by atoms with Crippen molar-refractivity contribution in [3.05, 3.63) is 0 Å². The first-order valence-corrected chi connectivity index (χ1v) is 4.39. The zero-order valence-electron chi connectivity index (χ0n) is 7.80. The van der Waals surface area contributed by atoms with Gasteiger partial charge in [0.25, 0.3) is 0 Å². The van der Waals surface area contributed by atoms with Crippen molar-refractivity contribution >= 4 is 0 Å². The second-order valence-electron chi connectivity index (χ2n) is 4.25. The fourth-order valence-corrected chi connectivity index (χ4v) is 1.98. The van der Waals surface area contributed by atoms with E-state index in [0.29, 0.717) is 11.5 Å². The van der Waals surface area contributed by atoms with E-state index in [1.165, 1.54) is 12.8 Å². The lowest BCUT2D eigenvalue weighted by molar-refractivity contribution is 0.00829. The van der Waals surface area contributed by atoms with Gasteiger partial charge in [-0.25, -0.2) is 0 Å². The van der Waals surface area contributed by atoms with Crippen LogP contribution < -0.4 is 0 Å². The summed E-state index contributed by atoms with van der Waals surface area (Å²) in [6.45, 7) is 5.70. The molecule has 1 unspecified atom stereocenters. The Morgan fingerprint density at radius 3 is 2.45 bits per heavy atom. The predicted molar refractivity (Wildman–Crippen MR) is 46.5 cm³/mol. The topological polar surface area (TPSA) is 23.5 Å². The molecule has 1 aliphatic rings. The van der Waals surface area contributed by atoms with Gasteiger partial charge in [0, 0.05) is 12.6 Å². The molecule has 1 fully saturated rings. The van der Waals surface area contributed by atoms with Crippen molar-refractivity contribution in [2.45, 2.75) is 32.7 Å². The Labute approximate surface area is 69.2 Å². The average Bonchev–Trinajstić information content (AvgIpc) is 1.86. The molecule has 0 aromatic rings. The van der Waals surface area contributed by atoms with Gasteiger partial charge in [0.1, 0.15) is 0 Å². The SMILES string of the molecule is CN(CCO)C1CCC1(C)C. The highest BCUT2D eigenvalue weighted by atomic mass is 16.3. The lowest BCUT2D eigenvalue weighted by Crippen LogP contribution is -2.51. The summed E-state index contributed by atoms with van der Waals surface area (Å²) in [4.78, 5) is 2.27. The van der Waals surface area contributed by atoms with Gasteiger partial charge in [-0.3, -0.25) is 0 Å². The molecule has 1 N–H and O–H groups in total. The average molecular weight is 157 g/mol. The maximum atomic E-state index is 8.73. The molecular weight excluding hydrogens is 138 g/mol. The summed E-state index contributed by atoms with van der Waals surface area (Å²) < 4.78 is 0. The molecule has 0 aromatic heterocycles. The molecule has 2 heteroatoms. The molecule has 0 radical (unpaired) electrons. The van der Waals surface area contributed by atoms with E-state index in [1.54, 1.807) is 0 Å². The summed E-state index contributed by atoms with van der Waals surface area (Å²) in [6, 6.07) is 0.689. The molecule has 1 saturated carbocycles. The molecule has 2 nitrogen and oxygen atoms in total. The van der Waals surface area contributed by atoms with Gasteiger partial charge in [-0.15, -0.1) is 0 Å². The van der Waals surface area contributed by atoms with Crippen molar-refractivity contribution in [1.82, 2.24) is 4.90 Å². The van der Waals surface area contributed by atoms with E-state index in [9.17, 15) is 0 Å². The number of likely N-dealkylation sites (N-methyl/N-ethyl adjacent to an activating group) is 1. The lowest BCUT2D eigenvalue weighted by atomic mass is 9.67. The van der Waals surface area contributed by atoms with Gasteiger partial charge < -0.3 is 10.0 Å². The number of nitrogens with zero attached hydrogens (tertiary/aromatic N) is 1. The minimum absolute atomic E-state index is 0.281. The highest BCUT2D eigenvalue weighted by Gasteiger charge is 2.40. The van der Waals surface area contributed by atoms with E-state index in [4.69, 9.17) is 5.11 Å². The Morgan fingerprint density at radius 2 is 2.18 bits per heavy atom. The first-order valence-electron chi connectivity index (χ1n) is 4.39. The Hall–Kier alpha value is -0.0800. The number of rotatable bonds is 3. The molecule has 0 amide bonds. The molecule has 0 aromatic carbocycles. The van der Waals surface area contributed by atoms with E-state index in [1.807, 2.05) is 0 Å². The third kappa shape index (κ3) is 1.74. The first kappa shape index (κ1) is 9.01. The summed E-state index contributed by atoms with van der Waals surface area (Å²) in [5, 5.41) is 8.73. The third-order valence-electron chi connectivity index (χ3n) is 2.95. The van der Waals surface area contributed by atoms with Gasteiger partial charge in [0.2, 0.25) is 0 Å². The number of aliphatic hydroxyl groups excluding tert-OH is 1. The fraction of sp³-hybridized carbons (Fsp3) is 1.00. The molecular formula is C9H19NO. The Kier molecular flexibility index (Phi) is 2.55. The van der Waals surface area contributed by atoms with Crippen LogP contribution in [-0.2, 0) is 0 Å². The van der Waals surface area contributed by atoms with Crippen LogP contribution in [0.2, 0.25) is 0 Å². The van der Waals surface area contributed by atoms with Crippen LogP contribution in [0.5, 0.6) is 0 Å². The minimum atomic E-state index is 0.281. The van der Waals surface area contributed by atoms with Crippen LogP contribution in [0, 0.1) is 5.41 Å². The number of hydrogen-bond acceptors (Lipinski definition) is 2. The fourth-order valence-electron chi connectivity index (χ4n) is 1.98. The molecule has 11 heavy (non-hydrogen) atoms. The standard InChI is InChI=1S/C9H19NO/c1-9(2)5-4-8(9)10(3)6-7-11/h8,11H,4-7H2,1-3H3. The van der Waals surface area contributed by atoms with Crippen LogP contribution in [0.3, 0.4) is 0 Å². The molecule has 66 valence electrons. The van der Waals surface area contributed by atoms with Gasteiger partial charge in [-0.05, 0) is 25.3 Å². The minimum Gasteiger partial charge on any atom is -0.395 e. The summed E-state index contributed by atoms with van der Waals surface area (Å²) >= 11 is 0. The molecule has 0 spiro atoms. The van der Waals surface area contributed by atoms with E-state index in [-0.39, 0.29) is 6.61 Å². The van der Waals surface area contributed by atoms with E-state index in [2.05, 4.69) is 25.8 Å². The van der Waals surface area contributed by atoms with Crippen molar-refractivity contribution in [2.24, 2.45) is 5.41 Å². The number of aliphatic hydroxyl groups is 1. The van der Waals surface area contributed by atoms with Crippen LogP contribution in [0.1, 0.15) is 26.7 Å². The van der Waals surface area contributed by atoms with E-state index in [0.717, 1.165) is 6.54 Å². The normalized spacial score (nSPS) is 28.6. The maximum absolute atomic E-state index is 8.73. The second-order valence-corrected chi connectivity index (χ2v) is 4.25. The quantitative estimate of drug-likeness (QED) is 0.663. The van der Waals surface area contributed by atoms with Crippen LogP contribution in [0.15, 0.2) is 0 Å². The van der Waals surface area contributed by atoms with Crippen LogP contribution in [-0.4, -0.2) is 36.2 Å². The van der Waals surface area contributed by atoms with Crippen LogP contribution in [0.25, 0.3) is 0 Å². The van der Waals surface area contributed by atoms with Gasteiger partial charge in [0.15, 0.2) is 0 Å². The lowest BCUT2D eigenvalue weighted by Gasteiger charge is -2.49.